The number of aromatic nitrogens is 1. The smallest absolute Gasteiger partial charge is 0.417 e. The molecule has 2 aromatic rings. The van der Waals surface area contributed by atoms with E-state index in [1.54, 1.807) is 4.90 Å². The summed E-state index contributed by atoms with van der Waals surface area (Å²) >= 11 is 5.96. The molecule has 0 radical (unpaired) electrons. The summed E-state index contributed by atoms with van der Waals surface area (Å²) in [6, 6.07) is 5.73. The molecule has 1 aromatic carbocycles. The van der Waals surface area contributed by atoms with Gasteiger partial charge in [0.05, 0.1) is 21.1 Å². The second-order valence-corrected chi connectivity index (χ2v) is 7.19. The normalized spacial score (nSPS) is 14.2. The van der Waals surface area contributed by atoms with E-state index in [9.17, 15) is 32.9 Å². The van der Waals surface area contributed by atoms with E-state index >= 15 is 0 Å². The molecule has 3 rings (SSSR count). The van der Waals surface area contributed by atoms with Gasteiger partial charge in [0, 0.05) is 44.5 Å². The summed E-state index contributed by atoms with van der Waals surface area (Å²) in [5.41, 5.74) is -1.29. The molecule has 0 N–H and O–H groups in total. The third-order valence-corrected chi connectivity index (χ3v) is 4.98. The second kappa shape index (κ2) is 9.39. The van der Waals surface area contributed by atoms with Gasteiger partial charge in [-0.15, -0.1) is 0 Å². The molecule has 0 spiro atoms. The number of alkyl halides is 3. The highest BCUT2D eigenvalue weighted by molar-refractivity contribution is 6.33. The fraction of sp³-hybridized carbons (Fsp3) is 0.316. The van der Waals surface area contributed by atoms with Crippen molar-refractivity contribution in [3.05, 3.63) is 62.8 Å². The first kappa shape index (κ1) is 23.3. The molecule has 0 saturated carbocycles. The number of piperazine rings is 1. The number of carbonyl (C=O) groups is 2. The van der Waals surface area contributed by atoms with E-state index in [0.717, 1.165) is 12.1 Å². The quantitative estimate of drug-likeness (QED) is 0.374. The SMILES string of the molecule is O=C(OCC(=O)N1CCN(c2ncc(C(F)(F)F)cc2Cl)CC1)c1cccc([N+](=O)[O-])c1. The predicted octanol–water partition coefficient (Wildman–Crippen LogP) is 3.17. The average Bonchev–Trinajstić information content (AvgIpc) is 2.76. The van der Waals surface area contributed by atoms with Crippen molar-refractivity contribution in [2.24, 2.45) is 0 Å². The Hall–Kier alpha value is -3.41. The lowest BCUT2D eigenvalue weighted by molar-refractivity contribution is -0.384. The zero-order chi connectivity index (χ0) is 23.5. The Morgan fingerprint density at radius 3 is 2.47 bits per heavy atom. The number of rotatable bonds is 5. The number of hydrogen-bond donors (Lipinski definition) is 0. The Balaban J connectivity index is 1.53. The van der Waals surface area contributed by atoms with Crippen LogP contribution in [-0.4, -0.2) is 59.5 Å². The number of non-ortho nitro benzene ring substituents is 1. The van der Waals surface area contributed by atoms with E-state index in [4.69, 9.17) is 16.3 Å². The third-order valence-electron chi connectivity index (χ3n) is 4.70. The van der Waals surface area contributed by atoms with Crippen LogP contribution in [0.2, 0.25) is 5.02 Å². The van der Waals surface area contributed by atoms with Crippen LogP contribution in [0.25, 0.3) is 0 Å². The number of nitro benzene ring substituents is 1. The van der Waals surface area contributed by atoms with Crippen LogP contribution in [0.15, 0.2) is 36.5 Å². The van der Waals surface area contributed by atoms with Crippen LogP contribution >= 0.6 is 11.6 Å². The molecule has 1 aromatic heterocycles. The number of amides is 1. The molecule has 0 bridgehead atoms. The standard InChI is InChI=1S/C19H16ClF3N4O5/c20-15-9-13(19(21,22)23)10-24-17(15)26-6-4-25(5-7-26)16(28)11-32-18(29)12-2-1-3-14(8-12)27(30)31/h1-3,8-10H,4-7,11H2. The summed E-state index contributed by atoms with van der Waals surface area (Å²) in [4.78, 5) is 41.4. The van der Waals surface area contributed by atoms with Gasteiger partial charge < -0.3 is 14.5 Å². The Labute approximate surface area is 184 Å². The van der Waals surface area contributed by atoms with Gasteiger partial charge in [0.2, 0.25) is 0 Å². The lowest BCUT2D eigenvalue weighted by Crippen LogP contribution is -2.50. The van der Waals surface area contributed by atoms with E-state index in [-0.39, 0.29) is 48.3 Å². The van der Waals surface area contributed by atoms with Crippen molar-refractivity contribution >= 4 is 35.0 Å². The molecule has 1 aliphatic heterocycles. The van der Waals surface area contributed by atoms with Gasteiger partial charge in [-0.2, -0.15) is 13.2 Å². The number of halogens is 4. The zero-order valence-electron chi connectivity index (χ0n) is 16.3. The number of nitrogens with zero attached hydrogens (tertiary/aromatic N) is 4. The van der Waals surface area contributed by atoms with Gasteiger partial charge in [0.25, 0.3) is 11.6 Å². The number of nitro groups is 1. The molecule has 1 fully saturated rings. The van der Waals surface area contributed by atoms with Crippen molar-refractivity contribution in [3.63, 3.8) is 0 Å². The fourth-order valence-electron chi connectivity index (χ4n) is 3.03. The van der Waals surface area contributed by atoms with E-state index in [1.165, 1.54) is 23.1 Å². The minimum Gasteiger partial charge on any atom is -0.452 e. The molecule has 1 amide bonds. The van der Waals surface area contributed by atoms with Crippen LogP contribution in [0.4, 0.5) is 24.7 Å². The minimum absolute atomic E-state index is 0.0557. The number of esters is 1. The molecule has 1 saturated heterocycles. The van der Waals surface area contributed by atoms with Crippen LogP contribution in [0.5, 0.6) is 0 Å². The topological polar surface area (TPSA) is 106 Å². The van der Waals surface area contributed by atoms with Gasteiger partial charge in [-0.05, 0) is 12.1 Å². The van der Waals surface area contributed by atoms with Gasteiger partial charge in [-0.25, -0.2) is 9.78 Å². The number of benzene rings is 1. The summed E-state index contributed by atoms with van der Waals surface area (Å²) in [6.07, 6.45) is -3.85. The first-order valence-electron chi connectivity index (χ1n) is 9.23. The number of ether oxygens (including phenoxy) is 1. The Morgan fingerprint density at radius 2 is 1.88 bits per heavy atom. The fourth-order valence-corrected chi connectivity index (χ4v) is 3.32. The first-order chi connectivity index (χ1) is 15.1. The molecule has 32 heavy (non-hydrogen) atoms. The molecular weight excluding hydrogens is 457 g/mol. The summed E-state index contributed by atoms with van der Waals surface area (Å²) < 4.78 is 43.2. The Bertz CT molecular complexity index is 1040. The zero-order valence-corrected chi connectivity index (χ0v) is 17.1. The highest BCUT2D eigenvalue weighted by atomic mass is 35.5. The van der Waals surface area contributed by atoms with Crippen molar-refractivity contribution in [1.29, 1.82) is 0 Å². The van der Waals surface area contributed by atoms with Crippen LogP contribution < -0.4 is 4.90 Å². The van der Waals surface area contributed by atoms with Crippen LogP contribution in [-0.2, 0) is 15.7 Å². The molecule has 0 unspecified atom stereocenters. The molecule has 1 aliphatic rings. The number of hydrogen-bond acceptors (Lipinski definition) is 7. The monoisotopic (exact) mass is 472 g/mol. The summed E-state index contributed by atoms with van der Waals surface area (Å²) in [6.45, 7) is 0.407. The maximum absolute atomic E-state index is 12.8. The van der Waals surface area contributed by atoms with E-state index < -0.39 is 35.1 Å². The largest absolute Gasteiger partial charge is 0.452 e. The summed E-state index contributed by atoms with van der Waals surface area (Å²) in [5, 5.41) is 10.6. The van der Waals surface area contributed by atoms with Crippen molar-refractivity contribution in [2.75, 3.05) is 37.7 Å². The van der Waals surface area contributed by atoms with Crippen molar-refractivity contribution < 1.29 is 32.4 Å². The molecular formula is C19H16ClF3N4O5. The van der Waals surface area contributed by atoms with Gasteiger partial charge in [0.1, 0.15) is 5.82 Å². The number of anilines is 1. The maximum atomic E-state index is 12.8. The highest BCUT2D eigenvalue weighted by Crippen LogP contribution is 2.33. The molecule has 13 heteroatoms. The molecule has 0 aliphatic carbocycles. The minimum atomic E-state index is -4.55. The van der Waals surface area contributed by atoms with Gasteiger partial charge in [0.15, 0.2) is 6.61 Å². The third kappa shape index (κ3) is 5.44. The summed E-state index contributed by atoms with van der Waals surface area (Å²) in [7, 11) is 0. The highest BCUT2D eigenvalue weighted by Gasteiger charge is 2.32. The molecule has 9 nitrogen and oxygen atoms in total. The van der Waals surface area contributed by atoms with E-state index in [0.29, 0.717) is 6.20 Å². The Kier molecular flexibility index (Phi) is 6.82. The lowest BCUT2D eigenvalue weighted by Gasteiger charge is -2.35. The second-order valence-electron chi connectivity index (χ2n) is 6.78. The predicted molar refractivity (Wildman–Crippen MR) is 106 cm³/mol. The average molecular weight is 473 g/mol. The van der Waals surface area contributed by atoms with E-state index in [1.807, 2.05) is 0 Å². The van der Waals surface area contributed by atoms with Crippen molar-refractivity contribution in [3.8, 4) is 0 Å². The van der Waals surface area contributed by atoms with Crippen LogP contribution in [0, 0.1) is 10.1 Å². The first-order valence-corrected chi connectivity index (χ1v) is 9.61. The van der Waals surface area contributed by atoms with Gasteiger partial charge >= 0.3 is 12.1 Å². The Morgan fingerprint density at radius 1 is 1.19 bits per heavy atom. The van der Waals surface area contributed by atoms with Crippen LogP contribution in [0.3, 0.4) is 0 Å². The molecule has 170 valence electrons. The molecule has 0 atom stereocenters. The molecule has 2 heterocycles. The number of pyridine rings is 1. The van der Waals surface area contributed by atoms with Crippen molar-refractivity contribution in [2.45, 2.75) is 6.18 Å². The maximum Gasteiger partial charge on any atom is 0.417 e. The van der Waals surface area contributed by atoms with Gasteiger partial charge in [-0.1, -0.05) is 17.7 Å². The number of carbonyl (C=O) groups excluding carboxylic acids is 2. The van der Waals surface area contributed by atoms with Crippen molar-refractivity contribution in [1.82, 2.24) is 9.88 Å². The summed E-state index contributed by atoms with van der Waals surface area (Å²) in [5.74, 6) is -1.17. The lowest BCUT2D eigenvalue weighted by atomic mass is 10.2. The van der Waals surface area contributed by atoms with Crippen LogP contribution in [0.1, 0.15) is 15.9 Å². The van der Waals surface area contributed by atoms with E-state index in [2.05, 4.69) is 4.98 Å². The van der Waals surface area contributed by atoms with Gasteiger partial charge in [-0.3, -0.25) is 14.9 Å².